The van der Waals surface area contributed by atoms with Crippen molar-refractivity contribution in [3.05, 3.63) is 56.9 Å². The summed E-state index contributed by atoms with van der Waals surface area (Å²) in [6.07, 6.45) is 3.99. The van der Waals surface area contributed by atoms with Gasteiger partial charge in [-0.15, -0.1) is 0 Å². The number of hydrogen-bond acceptors (Lipinski definition) is 5. The van der Waals surface area contributed by atoms with Crippen molar-refractivity contribution in [3.8, 4) is 0 Å². The Bertz CT molecular complexity index is 1130. The molecule has 7 nitrogen and oxygen atoms in total. The van der Waals surface area contributed by atoms with E-state index in [1.165, 1.54) is 0 Å². The minimum Gasteiger partial charge on any atom is -0.455 e. The molecule has 3 N–H and O–H groups in total. The Morgan fingerprint density at radius 1 is 1.09 bits per heavy atom. The van der Waals surface area contributed by atoms with Crippen LogP contribution in [-0.2, 0) is 6.42 Å². The summed E-state index contributed by atoms with van der Waals surface area (Å²) in [4.78, 5) is 25.8. The molecule has 182 valence electrons. The summed E-state index contributed by atoms with van der Waals surface area (Å²) in [6.45, 7) is 10.5. The van der Waals surface area contributed by atoms with E-state index < -0.39 is 0 Å². The third kappa shape index (κ3) is 5.28. The van der Waals surface area contributed by atoms with E-state index in [2.05, 4.69) is 64.8 Å². The fourth-order valence-corrected chi connectivity index (χ4v) is 5.96. The van der Waals surface area contributed by atoms with Gasteiger partial charge >= 0.3 is 0 Å². The van der Waals surface area contributed by atoms with E-state index in [0.29, 0.717) is 22.2 Å². The summed E-state index contributed by atoms with van der Waals surface area (Å²) in [5.41, 5.74) is 5.41. The molecular formula is C26H33BrN4O3. The first-order valence-corrected chi connectivity index (χ1v) is 12.6. The van der Waals surface area contributed by atoms with Crippen molar-refractivity contribution in [3.63, 3.8) is 0 Å². The van der Waals surface area contributed by atoms with Gasteiger partial charge in [0, 0.05) is 39.1 Å². The predicted octanol–water partition coefficient (Wildman–Crippen LogP) is 4.86. The number of nitrogens with zero attached hydrogens (tertiary/aromatic N) is 1. The molecule has 0 saturated carbocycles. The van der Waals surface area contributed by atoms with Gasteiger partial charge in [0.15, 0.2) is 5.76 Å². The molecule has 1 aliphatic heterocycles. The van der Waals surface area contributed by atoms with E-state index in [0.717, 1.165) is 48.3 Å². The maximum atomic E-state index is 13.2. The molecule has 4 rings (SSSR count). The van der Waals surface area contributed by atoms with Crippen molar-refractivity contribution < 1.29 is 14.0 Å². The molecule has 2 aromatic rings. The molecule has 2 heterocycles. The van der Waals surface area contributed by atoms with Crippen LogP contribution in [0.2, 0.25) is 0 Å². The Balaban J connectivity index is 1.53. The summed E-state index contributed by atoms with van der Waals surface area (Å²) in [5.74, 6) is 0.615. The van der Waals surface area contributed by atoms with Crippen molar-refractivity contribution >= 4 is 33.5 Å². The summed E-state index contributed by atoms with van der Waals surface area (Å²) in [5, 5.41) is 11.3. The highest BCUT2D eigenvalue weighted by atomic mass is 79.9. The lowest BCUT2D eigenvalue weighted by molar-refractivity contribution is 0.0842. The highest BCUT2D eigenvalue weighted by molar-refractivity contribution is 9.10. The van der Waals surface area contributed by atoms with Gasteiger partial charge in [0.2, 0.25) is 0 Å². The molecule has 2 amide bonds. The van der Waals surface area contributed by atoms with Gasteiger partial charge in [-0.1, -0.05) is 12.1 Å². The van der Waals surface area contributed by atoms with Gasteiger partial charge in [-0.3, -0.25) is 9.59 Å². The van der Waals surface area contributed by atoms with Crippen LogP contribution in [0.3, 0.4) is 0 Å². The van der Waals surface area contributed by atoms with Gasteiger partial charge in [0.25, 0.3) is 11.8 Å². The molecule has 1 aliphatic carbocycles. The van der Waals surface area contributed by atoms with Crippen LogP contribution in [0.5, 0.6) is 0 Å². The molecule has 1 aromatic heterocycles. The van der Waals surface area contributed by atoms with E-state index in [9.17, 15) is 9.59 Å². The number of aryl methyl sites for hydroxylation is 1. The predicted molar refractivity (Wildman–Crippen MR) is 136 cm³/mol. The van der Waals surface area contributed by atoms with Crippen molar-refractivity contribution in [2.45, 2.75) is 83.8 Å². The van der Waals surface area contributed by atoms with E-state index in [-0.39, 0.29) is 28.9 Å². The van der Waals surface area contributed by atoms with Crippen LogP contribution >= 0.6 is 15.9 Å². The first-order valence-electron chi connectivity index (χ1n) is 11.8. The lowest BCUT2D eigenvalue weighted by atomic mass is 9.79. The Kier molecular flexibility index (Phi) is 6.75. The van der Waals surface area contributed by atoms with Crippen LogP contribution in [0.1, 0.15) is 91.2 Å². The number of furan rings is 1. The molecule has 0 bridgehead atoms. The average molecular weight is 529 g/mol. The van der Waals surface area contributed by atoms with Gasteiger partial charge in [-0.05, 0) is 88.4 Å². The highest BCUT2D eigenvalue weighted by Gasteiger charge is 2.39. The molecule has 0 spiro atoms. The number of fused-ring (bicyclic) bond motifs is 1. The van der Waals surface area contributed by atoms with E-state index in [1.54, 1.807) is 12.1 Å². The topological polar surface area (TPSA) is 95.7 Å². The van der Waals surface area contributed by atoms with Gasteiger partial charge in [-0.25, -0.2) is 5.43 Å². The zero-order chi connectivity index (χ0) is 24.7. The maximum Gasteiger partial charge on any atom is 0.287 e. The second-order valence-corrected chi connectivity index (χ2v) is 11.5. The molecule has 8 heteroatoms. The number of benzene rings is 1. The standard InChI is InChI=1S/C26H33BrN4O3/c1-15-21-19(29-30-23(32)17-9-6-7-10-18(17)27)11-8-12-20(21)34-22(15)24(33)28-16-13-25(2,3)31-26(4,5)14-16/h6-7,9-10,16,31H,8,11-14H2,1-5H3,(H,28,33)(H,30,32)/b29-19+. The van der Waals surface area contributed by atoms with E-state index in [1.807, 2.05) is 19.1 Å². The minimum absolute atomic E-state index is 0.0528. The Hall–Kier alpha value is -2.45. The lowest BCUT2D eigenvalue weighted by Crippen LogP contribution is -2.62. The lowest BCUT2D eigenvalue weighted by Gasteiger charge is -2.46. The zero-order valence-corrected chi connectivity index (χ0v) is 22.1. The number of amides is 2. The monoisotopic (exact) mass is 528 g/mol. The van der Waals surface area contributed by atoms with Crippen LogP contribution in [-0.4, -0.2) is 34.6 Å². The van der Waals surface area contributed by atoms with Crippen molar-refractivity contribution in [2.24, 2.45) is 5.10 Å². The number of hydrogen-bond donors (Lipinski definition) is 3. The quantitative estimate of drug-likeness (QED) is 0.493. The second kappa shape index (κ2) is 9.30. The van der Waals surface area contributed by atoms with Crippen LogP contribution < -0.4 is 16.1 Å². The number of nitrogens with one attached hydrogen (secondary N) is 3. The van der Waals surface area contributed by atoms with Gasteiger partial charge in [-0.2, -0.15) is 5.10 Å². The van der Waals surface area contributed by atoms with Crippen LogP contribution in [0.4, 0.5) is 0 Å². The summed E-state index contributed by atoms with van der Waals surface area (Å²) < 4.78 is 6.76. The number of carbonyl (C=O) groups excluding carboxylic acids is 2. The smallest absolute Gasteiger partial charge is 0.287 e. The molecular weight excluding hydrogens is 496 g/mol. The molecule has 34 heavy (non-hydrogen) atoms. The Morgan fingerprint density at radius 3 is 2.44 bits per heavy atom. The SMILES string of the molecule is Cc1c(C(=O)NC2CC(C)(C)NC(C)(C)C2)oc2c1/C(=N/NC(=O)c1ccccc1Br)CCC2. The molecule has 1 aromatic carbocycles. The fraction of sp³-hybridized carbons (Fsp3) is 0.500. The van der Waals surface area contributed by atoms with Crippen LogP contribution in [0, 0.1) is 6.92 Å². The number of carbonyl (C=O) groups is 2. The van der Waals surface area contributed by atoms with E-state index in [4.69, 9.17) is 4.42 Å². The van der Waals surface area contributed by atoms with Crippen molar-refractivity contribution in [1.82, 2.24) is 16.1 Å². The molecule has 0 radical (unpaired) electrons. The molecule has 0 unspecified atom stereocenters. The van der Waals surface area contributed by atoms with Crippen molar-refractivity contribution in [1.29, 1.82) is 0 Å². The first-order chi connectivity index (χ1) is 16.0. The summed E-state index contributed by atoms with van der Waals surface area (Å²) in [7, 11) is 0. The van der Waals surface area contributed by atoms with Gasteiger partial charge < -0.3 is 15.1 Å². The summed E-state index contributed by atoms with van der Waals surface area (Å²) in [6, 6.07) is 7.27. The normalized spacial score (nSPS) is 20.6. The first kappa shape index (κ1) is 24.7. The highest BCUT2D eigenvalue weighted by Crippen LogP contribution is 2.32. The third-order valence-corrected chi connectivity index (χ3v) is 7.16. The number of halogens is 1. The van der Waals surface area contributed by atoms with Crippen LogP contribution in [0.25, 0.3) is 0 Å². The second-order valence-electron chi connectivity index (χ2n) is 10.7. The number of piperidine rings is 1. The molecule has 2 aliphatic rings. The van der Waals surface area contributed by atoms with Gasteiger partial charge in [0.1, 0.15) is 5.76 Å². The number of hydrazone groups is 1. The average Bonchev–Trinajstić information content (AvgIpc) is 3.07. The van der Waals surface area contributed by atoms with E-state index >= 15 is 0 Å². The maximum absolute atomic E-state index is 13.2. The minimum atomic E-state index is -0.289. The van der Waals surface area contributed by atoms with Gasteiger partial charge in [0.05, 0.1) is 11.3 Å². The Morgan fingerprint density at radius 2 is 1.76 bits per heavy atom. The molecule has 1 fully saturated rings. The molecule has 1 saturated heterocycles. The zero-order valence-electron chi connectivity index (χ0n) is 20.5. The van der Waals surface area contributed by atoms with Crippen LogP contribution in [0.15, 0.2) is 38.3 Å². The Labute approximate surface area is 209 Å². The number of rotatable bonds is 4. The third-order valence-electron chi connectivity index (χ3n) is 6.47. The summed E-state index contributed by atoms with van der Waals surface area (Å²) >= 11 is 3.40. The largest absolute Gasteiger partial charge is 0.455 e. The fourth-order valence-electron chi connectivity index (χ4n) is 5.50. The molecule has 0 atom stereocenters. The van der Waals surface area contributed by atoms with Crippen molar-refractivity contribution in [2.75, 3.05) is 0 Å².